The monoisotopic (exact) mass is 301 g/mol. The minimum Gasteiger partial charge on any atom is -0.383 e. The van der Waals surface area contributed by atoms with Gasteiger partial charge in [0.25, 0.3) is 0 Å². The summed E-state index contributed by atoms with van der Waals surface area (Å²) in [4.78, 5) is 0. The lowest BCUT2D eigenvalue weighted by molar-refractivity contribution is 0.181. The van der Waals surface area contributed by atoms with Crippen molar-refractivity contribution in [2.75, 3.05) is 13.7 Å². The summed E-state index contributed by atoms with van der Waals surface area (Å²) in [5.74, 6) is 0.548. The summed E-state index contributed by atoms with van der Waals surface area (Å²) in [6.07, 6.45) is 3.72. The standard InChI is InChI=1S/C15H28ClN3O/c1-11(9-15(2,3)4)8-13(17)14-12(16)10-18-19(14)6-7-20-5/h10-11,13H,6-9,17H2,1-5H3. The molecule has 4 nitrogen and oxygen atoms in total. The van der Waals surface area contributed by atoms with Gasteiger partial charge in [0.05, 0.1) is 30.1 Å². The van der Waals surface area contributed by atoms with Crippen LogP contribution in [-0.2, 0) is 11.3 Å². The topological polar surface area (TPSA) is 53.1 Å². The maximum atomic E-state index is 6.35. The van der Waals surface area contributed by atoms with Gasteiger partial charge in [0.2, 0.25) is 0 Å². The Morgan fingerprint density at radius 1 is 1.45 bits per heavy atom. The van der Waals surface area contributed by atoms with Crippen LogP contribution in [0.4, 0.5) is 0 Å². The predicted octanol–water partition coefficient (Wildman–Crippen LogP) is 3.65. The lowest BCUT2D eigenvalue weighted by atomic mass is 9.82. The molecule has 0 amide bonds. The Labute approximate surface area is 127 Å². The van der Waals surface area contributed by atoms with Crippen molar-refractivity contribution in [1.29, 1.82) is 0 Å². The lowest BCUT2D eigenvalue weighted by Crippen LogP contribution is -2.22. The number of hydrogen-bond donors (Lipinski definition) is 1. The van der Waals surface area contributed by atoms with Crippen molar-refractivity contribution in [1.82, 2.24) is 9.78 Å². The molecular weight excluding hydrogens is 274 g/mol. The second-order valence-electron chi connectivity index (χ2n) is 6.81. The number of nitrogens with zero attached hydrogens (tertiary/aromatic N) is 2. The van der Waals surface area contributed by atoms with E-state index in [1.165, 1.54) is 0 Å². The quantitative estimate of drug-likeness (QED) is 0.836. The molecule has 2 unspecified atom stereocenters. The molecule has 1 rings (SSSR count). The van der Waals surface area contributed by atoms with E-state index >= 15 is 0 Å². The van der Waals surface area contributed by atoms with Gasteiger partial charge in [0.15, 0.2) is 0 Å². The Balaban J connectivity index is 2.71. The molecule has 2 atom stereocenters. The first-order valence-corrected chi connectivity index (χ1v) is 7.58. The Morgan fingerprint density at radius 2 is 2.10 bits per heavy atom. The molecule has 20 heavy (non-hydrogen) atoms. The number of hydrogen-bond acceptors (Lipinski definition) is 3. The molecule has 0 aromatic carbocycles. The average molecular weight is 302 g/mol. The van der Waals surface area contributed by atoms with Crippen LogP contribution >= 0.6 is 11.6 Å². The summed E-state index contributed by atoms with van der Waals surface area (Å²) in [5, 5.41) is 4.93. The molecule has 0 aliphatic heterocycles. The van der Waals surface area contributed by atoms with Crippen molar-refractivity contribution in [2.24, 2.45) is 17.1 Å². The minimum atomic E-state index is -0.0841. The maximum Gasteiger partial charge on any atom is 0.0834 e. The highest BCUT2D eigenvalue weighted by atomic mass is 35.5. The molecule has 0 fully saturated rings. The second-order valence-corrected chi connectivity index (χ2v) is 7.21. The fourth-order valence-corrected chi connectivity index (χ4v) is 3.05. The van der Waals surface area contributed by atoms with E-state index in [-0.39, 0.29) is 6.04 Å². The average Bonchev–Trinajstić information content (AvgIpc) is 2.65. The third-order valence-electron chi connectivity index (χ3n) is 3.31. The van der Waals surface area contributed by atoms with Crippen LogP contribution in [0, 0.1) is 11.3 Å². The lowest BCUT2D eigenvalue weighted by Gasteiger charge is -2.25. The largest absolute Gasteiger partial charge is 0.383 e. The zero-order valence-electron chi connectivity index (χ0n) is 13.3. The summed E-state index contributed by atoms with van der Waals surface area (Å²) in [5.41, 5.74) is 7.59. The first-order chi connectivity index (χ1) is 9.24. The van der Waals surface area contributed by atoms with Crippen LogP contribution in [0.25, 0.3) is 0 Å². The molecule has 0 saturated heterocycles. The van der Waals surface area contributed by atoms with Crippen LogP contribution in [-0.4, -0.2) is 23.5 Å². The second kappa shape index (κ2) is 7.43. The number of methoxy groups -OCH3 is 1. The van der Waals surface area contributed by atoms with E-state index in [1.807, 2.05) is 4.68 Å². The number of aromatic nitrogens is 2. The number of rotatable bonds is 7. The van der Waals surface area contributed by atoms with E-state index in [2.05, 4.69) is 32.8 Å². The van der Waals surface area contributed by atoms with Gasteiger partial charge in [0, 0.05) is 13.2 Å². The molecule has 0 bridgehead atoms. The molecule has 2 N–H and O–H groups in total. The van der Waals surface area contributed by atoms with Crippen LogP contribution < -0.4 is 5.73 Å². The molecule has 0 saturated carbocycles. The van der Waals surface area contributed by atoms with E-state index in [9.17, 15) is 0 Å². The van der Waals surface area contributed by atoms with Crippen molar-refractivity contribution in [2.45, 2.75) is 53.1 Å². The van der Waals surface area contributed by atoms with Gasteiger partial charge in [-0.3, -0.25) is 4.68 Å². The molecule has 0 spiro atoms. The summed E-state index contributed by atoms with van der Waals surface area (Å²) >= 11 is 6.23. The van der Waals surface area contributed by atoms with Crippen LogP contribution in [0.2, 0.25) is 5.02 Å². The summed E-state index contributed by atoms with van der Waals surface area (Å²) in [6, 6.07) is -0.0841. The third kappa shape index (κ3) is 5.43. The van der Waals surface area contributed by atoms with Gasteiger partial charge in [-0.1, -0.05) is 39.3 Å². The van der Waals surface area contributed by atoms with Gasteiger partial charge < -0.3 is 10.5 Å². The van der Waals surface area contributed by atoms with Crippen LogP contribution in [0.5, 0.6) is 0 Å². The third-order valence-corrected chi connectivity index (χ3v) is 3.60. The van der Waals surface area contributed by atoms with Crippen molar-refractivity contribution in [3.8, 4) is 0 Å². The highest BCUT2D eigenvalue weighted by Gasteiger charge is 2.22. The molecule has 1 aromatic heterocycles. The van der Waals surface area contributed by atoms with Crippen LogP contribution in [0.15, 0.2) is 6.20 Å². The van der Waals surface area contributed by atoms with Gasteiger partial charge in [-0.2, -0.15) is 5.10 Å². The van der Waals surface area contributed by atoms with Gasteiger partial charge in [-0.25, -0.2) is 0 Å². The summed E-state index contributed by atoms with van der Waals surface area (Å²) in [6.45, 7) is 10.3. The van der Waals surface area contributed by atoms with Crippen molar-refractivity contribution in [3.05, 3.63) is 16.9 Å². The highest BCUT2D eigenvalue weighted by Crippen LogP contribution is 2.31. The van der Waals surface area contributed by atoms with E-state index < -0.39 is 0 Å². The molecule has 116 valence electrons. The van der Waals surface area contributed by atoms with Crippen LogP contribution in [0.3, 0.4) is 0 Å². The van der Waals surface area contributed by atoms with Crippen molar-refractivity contribution >= 4 is 11.6 Å². The number of halogens is 1. The Morgan fingerprint density at radius 3 is 2.65 bits per heavy atom. The molecular formula is C15H28ClN3O. The summed E-state index contributed by atoms with van der Waals surface area (Å²) < 4.78 is 6.95. The Kier molecular flexibility index (Phi) is 6.49. The van der Waals surface area contributed by atoms with Gasteiger partial charge in [0.1, 0.15) is 0 Å². The van der Waals surface area contributed by atoms with E-state index in [0.29, 0.717) is 29.5 Å². The van der Waals surface area contributed by atoms with E-state index in [4.69, 9.17) is 22.1 Å². The SMILES string of the molecule is COCCn1ncc(Cl)c1C(N)CC(C)CC(C)(C)C. The Bertz CT molecular complexity index is 412. The minimum absolute atomic E-state index is 0.0841. The molecule has 0 aliphatic carbocycles. The van der Waals surface area contributed by atoms with Gasteiger partial charge in [-0.05, 0) is 24.2 Å². The molecule has 5 heteroatoms. The highest BCUT2D eigenvalue weighted by molar-refractivity contribution is 6.31. The summed E-state index contributed by atoms with van der Waals surface area (Å²) in [7, 11) is 1.68. The van der Waals surface area contributed by atoms with Gasteiger partial charge in [-0.15, -0.1) is 0 Å². The first-order valence-electron chi connectivity index (χ1n) is 7.20. The van der Waals surface area contributed by atoms with Gasteiger partial charge >= 0.3 is 0 Å². The molecule has 1 aromatic rings. The van der Waals surface area contributed by atoms with E-state index in [1.54, 1.807) is 13.3 Å². The molecule has 0 radical (unpaired) electrons. The zero-order valence-corrected chi connectivity index (χ0v) is 14.1. The zero-order chi connectivity index (χ0) is 15.3. The Hall–Kier alpha value is -0.580. The number of ether oxygens (including phenoxy) is 1. The van der Waals surface area contributed by atoms with Crippen LogP contribution in [0.1, 0.15) is 52.3 Å². The smallest absolute Gasteiger partial charge is 0.0834 e. The fourth-order valence-electron chi connectivity index (χ4n) is 2.77. The fraction of sp³-hybridized carbons (Fsp3) is 0.800. The molecule has 1 heterocycles. The maximum absolute atomic E-state index is 6.35. The molecule has 0 aliphatic rings. The first kappa shape index (κ1) is 17.5. The van der Waals surface area contributed by atoms with Crippen molar-refractivity contribution < 1.29 is 4.74 Å². The normalized spacial score (nSPS) is 15.3. The number of nitrogens with two attached hydrogens (primary N) is 1. The van der Waals surface area contributed by atoms with Crippen molar-refractivity contribution in [3.63, 3.8) is 0 Å². The van der Waals surface area contributed by atoms with E-state index in [0.717, 1.165) is 18.5 Å². The predicted molar refractivity (Wildman–Crippen MR) is 83.9 cm³/mol.